The number of carbonyl (C=O) groups excluding carboxylic acids is 6. The van der Waals surface area contributed by atoms with E-state index < -0.39 is 59.2 Å². The van der Waals surface area contributed by atoms with Crippen LogP contribution >= 0.6 is 0 Å². The summed E-state index contributed by atoms with van der Waals surface area (Å²) in [4.78, 5) is 91.4. The molecule has 0 radical (unpaired) electrons. The molecule has 384 valence electrons. The molecule has 6 aromatic rings. The Morgan fingerprint density at radius 1 is 0.704 bits per heavy atom. The quantitative estimate of drug-likeness (QED) is 0.0350. The topological polar surface area (TPSA) is 271 Å². The summed E-state index contributed by atoms with van der Waals surface area (Å²) in [6.07, 6.45) is 6.60. The van der Waals surface area contributed by atoms with Crippen LogP contribution in [-0.4, -0.2) is 124 Å². The van der Waals surface area contributed by atoms with E-state index in [0.717, 1.165) is 11.0 Å². The molecular formula is C47H61F2N11O11. The monoisotopic (exact) mass is 993 g/mol. The number of rotatable bonds is 14. The zero-order valence-electron chi connectivity index (χ0n) is 40.0. The number of hydroxylamine groups is 2. The first kappa shape index (κ1) is 55.8. The van der Waals surface area contributed by atoms with Crippen LogP contribution in [-0.2, 0) is 38.2 Å². The van der Waals surface area contributed by atoms with E-state index in [-0.39, 0.29) is 45.1 Å². The summed E-state index contributed by atoms with van der Waals surface area (Å²) in [7, 11) is 0. The highest BCUT2D eigenvalue weighted by molar-refractivity contribution is 6.02. The van der Waals surface area contributed by atoms with Gasteiger partial charge in [0, 0.05) is 69.5 Å². The van der Waals surface area contributed by atoms with Gasteiger partial charge in [0.05, 0.1) is 28.7 Å². The fraction of sp³-hybridized carbons (Fsp3) is 0.447. The van der Waals surface area contributed by atoms with Gasteiger partial charge in [0.1, 0.15) is 34.9 Å². The Kier molecular flexibility index (Phi) is 19.4. The fourth-order valence-electron chi connectivity index (χ4n) is 6.28. The molecule has 7 rings (SSSR count). The summed E-state index contributed by atoms with van der Waals surface area (Å²) in [6, 6.07) is 7.00. The lowest BCUT2D eigenvalue weighted by molar-refractivity contribution is -0.198. The molecule has 24 heteroatoms. The Balaban J connectivity index is 0.000000240. The molecule has 4 aromatic heterocycles. The number of nitrogens with one attached hydrogen (secondary N) is 4. The number of imidazole rings is 2. The van der Waals surface area contributed by atoms with E-state index >= 15 is 0 Å². The van der Waals surface area contributed by atoms with Gasteiger partial charge in [-0.05, 0) is 92.5 Å². The Morgan fingerprint density at radius 3 is 1.58 bits per heavy atom. The summed E-state index contributed by atoms with van der Waals surface area (Å²) in [5.41, 5.74) is 2.58. The van der Waals surface area contributed by atoms with Crippen molar-refractivity contribution in [3.8, 4) is 0 Å². The third-order valence-electron chi connectivity index (χ3n) is 9.41. The van der Waals surface area contributed by atoms with E-state index in [1.807, 2.05) is 15.0 Å². The number of aliphatic hydroxyl groups is 1. The molecule has 2 atom stereocenters. The first-order chi connectivity index (χ1) is 33.0. The van der Waals surface area contributed by atoms with Gasteiger partial charge < -0.3 is 45.4 Å². The van der Waals surface area contributed by atoms with Gasteiger partial charge in [0.2, 0.25) is 0 Å². The number of carbonyl (C=O) groups is 6. The minimum atomic E-state index is -1.05. The number of aromatic nitrogens is 6. The summed E-state index contributed by atoms with van der Waals surface area (Å²) >= 11 is 0. The van der Waals surface area contributed by atoms with Crippen LogP contribution in [0.2, 0.25) is 0 Å². The standard InChI is InChI=1S/C21H26FN5O4.C13H13FN4O.C12H18N2O6.CH4/c1-13(25-20(29)31-21(2,3)4)19(28)30-11-5-8-23-17-18-24-9-10-27(18)16-7-6-14(22)12-15(16)26-17;14-9-2-3-11-10(8-9)17-12(15-4-1-7-19)13-16-5-6-18(11)13;1-7(13-11(18)19-12(2,3)4)10(17)20-14-8(15)5-6-9(14)16;/h6-7,9-10,12-13H,5,8,11H2,1-4H3,(H,23,26)(H,25,29);2-3,5-6,8,19H,1,4,7H2,(H,15,17);7H,5-6H2,1-4H3,(H,13,18);1H4/t13-;;7-;/m1.1./s1. The van der Waals surface area contributed by atoms with Crippen LogP contribution in [0.5, 0.6) is 0 Å². The van der Waals surface area contributed by atoms with Crippen LogP contribution in [0, 0.1) is 11.6 Å². The molecule has 1 aliphatic heterocycles. The van der Waals surface area contributed by atoms with Crippen molar-refractivity contribution in [2.24, 2.45) is 0 Å². The van der Waals surface area contributed by atoms with Gasteiger partial charge in [-0.3, -0.25) is 18.4 Å². The van der Waals surface area contributed by atoms with Crippen molar-refractivity contribution >= 4 is 80.9 Å². The minimum absolute atomic E-state index is 0. The summed E-state index contributed by atoms with van der Waals surface area (Å²) in [6.45, 7) is 14.4. The van der Waals surface area contributed by atoms with Crippen LogP contribution in [0.15, 0.2) is 61.2 Å². The molecule has 0 bridgehead atoms. The van der Waals surface area contributed by atoms with Crippen LogP contribution < -0.4 is 21.3 Å². The number of aliphatic hydroxyl groups excluding tert-OH is 1. The SMILES string of the molecule is C.C[C@@H](NC(=O)OC(C)(C)C)C(=O)OCCCNc1nc2cc(F)ccc2n2ccnc12.C[C@@H](NC(=O)OC(C)(C)C)C(=O)ON1C(=O)CCC1=O.OCCCNc1nc2cc(F)ccc2n2ccnc12. The number of anilines is 2. The van der Waals surface area contributed by atoms with Crippen LogP contribution in [0.1, 0.15) is 88.5 Å². The molecule has 0 unspecified atom stereocenters. The van der Waals surface area contributed by atoms with Gasteiger partial charge in [-0.25, -0.2) is 47.9 Å². The third kappa shape index (κ3) is 16.2. The Morgan fingerprint density at radius 2 is 1.14 bits per heavy atom. The van der Waals surface area contributed by atoms with E-state index in [9.17, 15) is 37.5 Å². The number of amides is 4. The normalized spacial score (nSPS) is 13.3. The third-order valence-corrected chi connectivity index (χ3v) is 9.41. The molecule has 5 N–H and O–H groups in total. The van der Waals surface area contributed by atoms with Crippen molar-refractivity contribution in [3.05, 3.63) is 72.8 Å². The Hall–Kier alpha value is -7.76. The molecule has 0 spiro atoms. The molecular weight excluding hydrogens is 933 g/mol. The van der Waals surface area contributed by atoms with Gasteiger partial charge in [0.25, 0.3) is 11.8 Å². The predicted octanol–water partition coefficient (Wildman–Crippen LogP) is 6.24. The fourth-order valence-corrected chi connectivity index (χ4v) is 6.28. The zero-order valence-corrected chi connectivity index (χ0v) is 40.0. The number of hydrogen-bond acceptors (Lipinski definition) is 17. The summed E-state index contributed by atoms with van der Waals surface area (Å²) in [5, 5.41) is 20.2. The smallest absolute Gasteiger partial charge is 0.408 e. The molecule has 0 aliphatic carbocycles. The number of benzene rings is 2. The lowest BCUT2D eigenvalue weighted by atomic mass is 10.2. The highest BCUT2D eigenvalue weighted by Crippen LogP contribution is 2.23. The van der Waals surface area contributed by atoms with Crippen molar-refractivity contribution in [2.75, 3.05) is 36.9 Å². The molecule has 0 saturated carbocycles. The highest BCUT2D eigenvalue weighted by Gasteiger charge is 2.34. The lowest BCUT2D eigenvalue weighted by Gasteiger charge is -2.22. The van der Waals surface area contributed by atoms with E-state index in [2.05, 4.69) is 46.0 Å². The Bertz CT molecular complexity index is 2830. The number of fused-ring (bicyclic) bond motifs is 6. The molecule has 1 fully saturated rings. The van der Waals surface area contributed by atoms with Crippen LogP contribution in [0.3, 0.4) is 0 Å². The average molecular weight is 994 g/mol. The van der Waals surface area contributed by atoms with E-state index in [1.54, 1.807) is 72.3 Å². The van der Waals surface area contributed by atoms with Crippen molar-refractivity contribution in [3.63, 3.8) is 0 Å². The van der Waals surface area contributed by atoms with Crippen molar-refractivity contribution in [2.45, 2.75) is 112 Å². The maximum atomic E-state index is 13.6. The van der Waals surface area contributed by atoms with Crippen LogP contribution in [0.4, 0.5) is 30.0 Å². The summed E-state index contributed by atoms with van der Waals surface area (Å²) < 4.78 is 45.8. The number of esters is 1. The zero-order chi connectivity index (χ0) is 51.3. The molecule has 1 saturated heterocycles. The maximum Gasteiger partial charge on any atom is 0.408 e. The van der Waals surface area contributed by atoms with Gasteiger partial charge in [0.15, 0.2) is 22.9 Å². The second kappa shape index (κ2) is 24.7. The molecule has 71 heavy (non-hydrogen) atoms. The molecule has 2 aromatic carbocycles. The largest absolute Gasteiger partial charge is 0.464 e. The molecule has 5 heterocycles. The predicted molar refractivity (Wildman–Crippen MR) is 257 cm³/mol. The van der Waals surface area contributed by atoms with Gasteiger partial charge in [-0.1, -0.05) is 7.43 Å². The Labute approximate surface area is 407 Å². The van der Waals surface area contributed by atoms with Crippen molar-refractivity contribution in [1.82, 2.24) is 44.4 Å². The summed E-state index contributed by atoms with van der Waals surface area (Å²) in [5.74, 6) is -2.21. The number of halogens is 2. The molecule has 1 aliphatic rings. The van der Waals surface area contributed by atoms with Gasteiger partial charge >= 0.3 is 24.1 Å². The minimum Gasteiger partial charge on any atom is -0.464 e. The number of imide groups is 1. The molecule has 22 nitrogen and oxygen atoms in total. The first-order valence-corrected chi connectivity index (χ1v) is 22.2. The average Bonchev–Trinajstić information content (AvgIpc) is 4.04. The molecule has 4 amide bonds. The second-order valence-corrected chi connectivity index (χ2v) is 17.6. The number of ether oxygens (including phenoxy) is 3. The van der Waals surface area contributed by atoms with Crippen molar-refractivity contribution in [1.29, 1.82) is 0 Å². The van der Waals surface area contributed by atoms with E-state index in [1.165, 1.54) is 38.1 Å². The van der Waals surface area contributed by atoms with Gasteiger partial charge in [-0.2, -0.15) is 0 Å². The first-order valence-electron chi connectivity index (χ1n) is 22.2. The number of nitrogens with zero attached hydrogens (tertiary/aromatic N) is 7. The lowest BCUT2D eigenvalue weighted by Crippen LogP contribution is -2.45. The van der Waals surface area contributed by atoms with Crippen LogP contribution in [0.25, 0.3) is 33.4 Å². The maximum absolute atomic E-state index is 13.6. The van der Waals surface area contributed by atoms with E-state index in [0.29, 0.717) is 65.0 Å². The van der Waals surface area contributed by atoms with Gasteiger partial charge in [-0.15, -0.1) is 5.06 Å². The second-order valence-electron chi connectivity index (χ2n) is 17.6. The van der Waals surface area contributed by atoms with E-state index in [4.69, 9.17) is 19.3 Å². The highest BCUT2D eigenvalue weighted by atomic mass is 19.1. The van der Waals surface area contributed by atoms with Crippen molar-refractivity contribution < 1.29 is 61.7 Å². The number of alkyl carbamates (subject to hydrolysis) is 2. The number of hydrogen-bond donors (Lipinski definition) is 5.